The summed E-state index contributed by atoms with van der Waals surface area (Å²) in [6, 6.07) is 7.86. The third-order valence-electron chi connectivity index (χ3n) is 3.76. The molecule has 1 aromatic rings. The predicted octanol–water partition coefficient (Wildman–Crippen LogP) is 3.79. The Morgan fingerprint density at radius 3 is 2.76 bits per heavy atom. The first kappa shape index (κ1) is 16.8. The highest BCUT2D eigenvalue weighted by Gasteiger charge is 2.36. The second kappa shape index (κ2) is 8.14. The third kappa shape index (κ3) is 5.59. The maximum Gasteiger partial charge on any atom is 0.170 e. The Balaban J connectivity index is 1.73. The van der Waals surface area contributed by atoms with Crippen molar-refractivity contribution in [3.05, 3.63) is 34.9 Å². The van der Waals surface area contributed by atoms with Gasteiger partial charge in [0.25, 0.3) is 0 Å². The van der Waals surface area contributed by atoms with Crippen LogP contribution in [0.15, 0.2) is 24.3 Å². The van der Waals surface area contributed by atoms with Gasteiger partial charge < -0.3 is 14.8 Å². The average molecular weight is 312 g/mol. The summed E-state index contributed by atoms with van der Waals surface area (Å²) in [6.07, 6.45) is 4.65. The van der Waals surface area contributed by atoms with Crippen LogP contribution in [-0.2, 0) is 15.9 Å². The van der Waals surface area contributed by atoms with Crippen molar-refractivity contribution in [3.63, 3.8) is 0 Å². The molecule has 0 saturated carbocycles. The van der Waals surface area contributed by atoms with Gasteiger partial charge in [-0.1, -0.05) is 43.5 Å². The topological polar surface area (TPSA) is 30.5 Å². The Morgan fingerprint density at radius 2 is 2.05 bits per heavy atom. The lowest BCUT2D eigenvalue weighted by molar-refractivity contribution is -0.151. The summed E-state index contributed by atoms with van der Waals surface area (Å²) in [5.74, 6) is -0.524. The van der Waals surface area contributed by atoms with Crippen molar-refractivity contribution < 1.29 is 9.47 Å². The average Bonchev–Trinajstić information content (AvgIpc) is 2.83. The Morgan fingerprint density at radius 1 is 1.29 bits per heavy atom. The molecule has 1 heterocycles. The lowest BCUT2D eigenvalue weighted by Crippen LogP contribution is -2.33. The smallest absolute Gasteiger partial charge is 0.170 e. The van der Waals surface area contributed by atoms with Crippen molar-refractivity contribution in [2.24, 2.45) is 0 Å². The lowest BCUT2D eigenvalue weighted by Gasteiger charge is -2.23. The maximum atomic E-state index is 6.07. The van der Waals surface area contributed by atoms with Crippen LogP contribution in [0.3, 0.4) is 0 Å². The molecule has 1 saturated heterocycles. The molecule has 1 aliphatic heterocycles. The minimum absolute atomic E-state index is 0.143. The van der Waals surface area contributed by atoms with E-state index in [-0.39, 0.29) is 6.10 Å². The van der Waals surface area contributed by atoms with Crippen LogP contribution < -0.4 is 5.32 Å². The van der Waals surface area contributed by atoms with E-state index in [1.54, 1.807) is 0 Å². The van der Waals surface area contributed by atoms with E-state index >= 15 is 0 Å². The van der Waals surface area contributed by atoms with Gasteiger partial charge in [-0.3, -0.25) is 0 Å². The summed E-state index contributed by atoms with van der Waals surface area (Å²) >= 11 is 5.91. The molecule has 1 N–H and O–H groups in total. The molecular formula is C17H26ClNO2. The molecule has 0 aliphatic carbocycles. The standard InChI is InChI=1S/C17H26ClNO2/c1-3-4-5-10-19-12-16-13-20-17(2,21-16)11-14-6-8-15(18)9-7-14/h6-9,16,19H,3-5,10-13H2,1-2H3. The van der Waals surface area contributed by atoms with Gasteiger partial charge in [-0.15, -0.1) is 0 Å². The van der Waals surface area contributed by atoms with E-state index < -0.39 is 5.79 Å². The van der Waals surface area contributed by atoms with Gasteiger partial charge in [0.15, 0.2) is 5.79 Å². The number of hydrogen-bond acceptors (Lipinski definition) is 3. The van der Waals surface area contributed by atoms with E-state index in [0.29, 0.717) is 6.61 Å². The fourth-order valence-electron chi connectivity index (χ4n) is 2.62. The quantitative estimate of drug-likeness (QED) is 0.741. The van der Waals surface area contributed by atoms with Crippen LogP contribution in [0.25, 0.3) is 0 Å². The Bertz CT molecular complexity index is 423. The molecule has 4 heteroatoms. The van der Waals surface area contributed by atoms with Crippen LogP contribution in [0, 0.1) is 0 Å². The monoisotopic (exact) mass is 311 g/mol. The van der Waals surface area contributed by atoms with Crippen LogP contribution in [0.1, 0.15) is 38.7 Å². The second-order valence-electron chi connectivity index (χ2n) is 5.90. The van der Waals surface area contributed by atoms with Gasteiger partial charge in [0.05, 0.1) is 12.7 Å². The molecule has 0 amide bonds. The third-order valence-corrected chi connectivity index (χ3v) is 4.01. The van der Waals surface area contributed by atoms with E-state index in [2.05, 4.69) is 12.2 Å². The molecule has 2 rings (SSSR count). The Kier molecular flexibility index (Phi) is 6.49. The molecule has 0 aromatic heterocycles. The zero-order valence-corrected chi connectivity index (χ0v) is 13.8. The SMILES string of the molecule is CCCCCNCC1COC(C)(Cc2ccc(Cl)cc2)O1. The number of ether oxygens (including phenoxy) is 2. The molecule has 0 spiro atoms. The van der Waals surface area contributed by atoms with Gasteiger partial charge >= 0.3 is 0 Å². The minimum atomic E-state index is -0.524. The van der Waals surface area contributed by atoms with Crippen molar-refractivity contribution in [1.82, 2.24) is 5.32 Å². The minimum Gasteiger partial charge on any atom is -0.347 e. The van der Waals surface area contributed by atoms with Gasteiger partial charge in [-0.05, 0) is 37.6 Å². The Hall–Kier alpha value is -0.610. The summed E-state index contributed by atoms with van der Waals surface area (Å²) in [5, 5.41) is 4.20. The van der Waals surface area contributed by atoms with E-state index in [4.69, 9.17) is 21.1 Å². The van der Waals surface area contributed by atoms with Gasteiger partial charge in [0.2, 0.25) is 0 Å². The first-order valence-electron chi connectivity index (χ1n) is 7.88. The highest BCUT2D eigenvalue weighted by atomic mass is 35.5. The van der Waals surface area contributed by atoms with E-state index in [0.717, 1.165) is 24.5 Å². The van der Waals surface area contributed by atoms with Gasteiger partial charge in [-0.2, -0.15) is 0 Å². The molecule has 0 bridgehead atoms. The molecule has 2 atom stereocenters. The fourth-order valence-corrected chi connectivity index (χ4v) is 2.75. The van der Waals surface area contributed by atoms with Crippen LogP contribution >= 0.6 is 11.6 Å². The first-order valence-corrected chi connectivity index (χ1v) is 8.26. The van der Waals surface area contributed by atoms with Crippen LogP contribution in [0.4, 0.5) is 0 Å². The highest BCUT2D eigenvalue weighted by molar-refractivity contribution is 6.30. The zero-order valence-electron chi connectivity index (χ0n) is 13.0. The number of rotatable bonds is 8. The molecule has 1 fully saturated rings. The van der Waals surface area contributed by atoms with Crippen molar-refractivity contribution in [1.29, 1.82) is 0 Å². The summed E-state index contributed by atoms with van der Waals surface area (Å²) in [7, 11) is 0. The molecule has 1 aromatic carbocycles. The first-order chi connectivity index (χ1) is 10.1. The number of unbranched alkanes of at least 4 members (excludes halogenated alkanes) is 2. The molecule has 3 nitrogen and oxygen atoms in total. The molecule has 118 valence electrons. The molecule has 21 heavy (non-hydrogen) atoms. The van der Waals surface area contributed by atoms with Crippen LogP contribution in [0.2, 0.25) is 5.02 Å². The molecule has 2 unspecified atom stereocenters. The lowest BCUT2D eigenvalue weighted by atomic mass is 10.1. The highest BCUT2D eigenvalue weighted by Crippen LogP contribution is 2.27. The second-order valence-corrected chi connectivity index (χ2v) is 6.34. The summed E-state index contributed by atoms with van der Waals surface area (Å²) in [4.78, 5) is 0. The summed E-state index contributed by atoms with van der Waals surface area (Å²) < 4.78 is 11.9. The van der Waals surface area contributed by atoms with E-state index in [1.807, 2.05) is 31.2 Å². The van der Waals surface area contributed by atoms with Gasteiger partial charge in [0.1, 0.15) is 0 Å². The summed E-state index contributed by atoms with van der Waals surface area (Å²) in [6.45, 7) is 6.81. The van der Waals surface area contributed by atoms with Crippen molar-refractivity contribution in [2.45, 2.75) is 51.4 Å². The molecule has 1 aliphatic rings. The predicted molar refractivity (Wildman–Crippen MR) is 86.8 cm³/mol. The number of benzene rings is 1. The fraction of sp³-hybridized carbons (Fsp3) is 0.647. The van der Waals surface area contributed by atoms with Gasteiger partial charge in [-0.25, -0.2) is 0 Å². The number of hydrogen-bond donors (Lipinski definition) is 1. The van der Waals surface area contributed by atoms with Crippen molar-refractivity contribution in [2.75, 3.05) is 19.7 Å². The maximum absolute atomic E-state index is 6.07. The molecular weight excluding hydrogens is 286 g/mol. The Labute approximate surface area is 133 Å². The number of nitrogens with one attached hydrogen (secondary N) is 1. The van der Waals surface area contributed by atoms with Crippen LogP contribution in [0.5, 0.6) is 0 Å². The largest absolute Gasteiger partial charge is 0.347 e. The van der Waals surface area contributed by atoms with Gasteiger partial charge in [0, 0.05) is 18.0 Å². The normalized spacial score (nSPS) is 25.4. The van der Waals surface area contributed by atoms with E-state index in [9.17, 15) is 0 Å². The molecule has 0 radical (unpaired) electrons. The summed E-state index contributed by atoms with van der Waals surface area (Å²) in [5.41, 5.74) is 1.18. The van der Waals surface area contributed by atoms with Crippen LogP contribution in [-0.4, -0.2) is 31.6 Å². The number of halogens is 1. The van der Waals surface area contributed by atoms with E-state index in [1.165, 1.54) is 24.8 Å². The van der Waals surface area contributed by atoms with Crippen molar-refractivity contribution >= 4 is 11.6 Å². The van der Waals surface area contributed by atoms with Crippen molar-refractivity contribution in [3.8, 4) is 0 Å². The zero-order chi connectivity index (χ0) is 15.1.